The molecule has 1 atom stereocenters. The van der Waals surface area contributed by atoms with E-state index in [2.05, 4.69) is 29.7 Å². The van der Waals surface area contributed by atoms with Crippen molar-refractivity contribution in [1.82, 2.24) is 5.32 Å². The molecule has 5 heteroatoms. The minimum atomic E-state index is -0.678. The van der Waals surface area contributed by atoms with Gasteiger partial charge in [0.2, 0.25) is 5.79 Å². The van der Waals surface area contributed by atoms with Crippen molar-refractivity contribution in [3.63, 3.8) is 0 Å². The molecule has 0 spiro atoms. The van der Waals surface area contributed by atoms with Gasteiger partial charge in [0.1, 0.15) is 0 Å². The van der Waals surface area contributed by atoms with Crippen LogP contribution in [0.15, 0.2) is 42.5 Å². The molecule has 3 rings (SSSR count). The second kappa shape index (κ2) is 6.67. The van der Waals surface area contributed by atoms with Crippen LogP contribution in [0.5, 0.6) is 11.5 Å². The number of urea groups is 1. The van der Waals surface area contributed by atoms with Gasteiger partial charge in [-0.2, -0.15) is 0 Å². The minimum absolute atomic E-state index is 0.0844. The van der Waals surface area contributed by atoms with Gasteiger partial charge in [-0.25, -0.2) is 4.79 Å². The first-order chi connectivity index (χ1) is 11.9. The minimum Gasteiger partial charge on any atom is -0.449 e. The van der Waals surface area contributed by atoms with E-state index < -0.39 is 5.79 Å². The lowest BCUT2D eigenvalue weighted by molar-refractivity contribution is -0.0431. The van der Waals surface area contributed by atoms with E-state index in [0.717, 1.165) is 12.0 Å². The number of aryl methyl sites for hydroxylation is 1. The van der Waals surface area contributed by atoms with Crippen molar-refractivity contribution in [2.75, 3.05) is 5.32 Å². The zero-order chi connectivity index (χ0) is 18.0. The molecule has 2 N–H and O–H groups in total. The van der Waals surface area contributed by atoms with Gasteiger partial charge in [-0.05, 0) is 36.6 Å². The third-order valence-electron chi connectivity index (χ3n) is 4.15. The van der Waals surface area contributed by atoms with Gasteiger partial charge in [-0.3, -0.25) is 0 Å². The van der Waals surface area contributed by atoms with Gasteiger partial charge in [0.25, 0.3) is 0 Å². The summed E-state index contributed by atoms with van der Waals surface area (Å²) < 4.78 is 11.3. The van der Waals surface area contributed by atoms with Gasteiger partial charge >= 0.3 is 6.03 Å². The summed E-state index contributed by atoms with van der Waals surface area (Å²) in [6.45, 7) is 7.77. The zero-order valence-electron chi connectivity index (χ0n) is 15.1. The second-order valence-corrected chi connectivity index (χ2v) is 6.68. The lowest BCUT2D eigenvalue weighted by atomic mass is 10.1. The molecule has 1 unspecified atom stereocenters. The van der Waals surface area contributed by atoms with Crippen molar-refractivity contribution in [1.29, 1.82) is 0 Å². The van der Waals surface area contributed by atoms with Gasteiger partial charge < -0.3 is 20.1 Å². The van der Waals surface area contributed by atoms with Crippen LogP contribution in [0, 0.1) is 0 Å². The number of benzene rings is 2. The lowest BCUT2D eigenvalue weighted by Gasteiger charge is -2.16. The summed E-state index contributed by atoms with van der Waals surface area (Å²) in [5.74, 6) is 0.633. The average molecular weight is 340 g/mol. The number of nitrogens with one attached hydrogen (secondary N) is 2. The number of carbonyl (C=O) groups excluding carboxylic acids is 1. The Balaban J connectivity index is 1.61. The molecule has 1 aliphatic heterocycles. The van der Waals surface area contributed by atoms with Crippen LogP contribution in [-0.4, -0.2) is 11.8 Å². The first kappa shape index (κ1) is 17.1. The van der Waals surface area contributed by atoms with Gasteiger partial charge in [0.15, 0.2) is 11.5 Å². The van der Waals surface area contributed by atoms with E-state index in [1.165, 1.54) is 5.56 Å². The van der Waals surface area contributed by atoms with Crippen LogP contribution in [-0.2, 0) is 6.42 Å². The van der Waals surface area contributed by atoms with Crippen LogP contribution in [0.25, 0.3) is 0 Å². The number of hydrogen-bond acceptors (Lipinski definition) is 3. The maximum atomic E-state index is 12.3. The fourth-order valence-electron chi connectivity index (χ4n) is 2.79. The zero-order valence-corrected chi connectivity index (χ0v) is 15.1. The van der Waals surface area contributed by atoms with E-state index in [1.807, 2.05) is 32.9 Å². The molecule has 1 aliphatic rings. The topological polar surface area (TPSA) is 59.6 Å². The Labute approximate surface area is 148 Å². The van der Waals surface area contributed by atoms with E-state index in [1.54, 1.807) is 18.2 Å². The quantitative estimate of drug-likeness (QED) is 0.852. The predicted molar refractivity (Wildman–Crippen MR) is 98.2 cm³/mol. The van der Waals surface area contributed by atoms with Crippen LogP contribution in [0.2, 0.25) is 0 Å². The third-order valence-corrected chi connectivity index (χ3v) is 4.15. The smallest absolute Gasteiger partial charge is 0.319 e. The predicted octanol–water partition coefficient (Wildman–Crippen LogP) is 4.64. The Bertz CT molecular complexity index is 769. The van der Waals surface area contributed by atoms with Crippen molar-refractivity contribution < 1.29 is 14.3 Å². The average Bonchev–Trinajstić information content (AvgIpc) is 2.87. The number of anilines is 1. The fraction of sp³-hybridized carbons (Fsp3) is 0.350. The Kier molecular flexibility index (Phi) is 4.57. The van der Waals surface area contributed by atoms with Crippen molar-refractivity contribution >= 4 is 11.7 Å². The molecule has 2 aromatic carbocycles. The fourth-order valence-corrected chi connectivity index (χ4v) is 2.79. The van der Waals surface area contributed by atoms with Gasteiger partial charge in [-0.1, -0.05) is 31.2 Å². The summed E-state index contributed by atoms with van der Waals surface area (Å²) >= 11 is 0. The van der Waals surface area contributed by atoms with Gasteiger partial charge in [0.05, 0.1) is 6.04 Å². The summed E-state index contributed by atoms with van der Waals surface area (Å²) in [7, 11) is 0. The van der Waals surface area contributed by atoms with Crippen molar-refractivity contribution in [3.05, 3.63) is 53.6 Å². The molecule has 0 aromatic heterocycles. The maximum absolute atomic E-state index is 12.3. The highest BCUT2D eigenvalue weighted by atomic mass is 16.7. The molecular weight excluding hydrogens is 316 g/mol. The first-order valence-electron chi connectivity index (χ1n) is 8.55. The summed E-state index contributed by atoms with van der Waals surface area (Å²) in [5.41, 5.74) is 3.01. The van der Waals surface area contributed by atoms with E-state index in [9.17, 15) is 4.79 Å². The van der Waals surface area contributed by atoms with Crippen LogP contribution < -0.4 is 20.1 Å². The highest BCUT2D eigenvalue weighted by Crippen LogP contribution is 2.40. The highest BCUT2D eigenvalue weighted by Gasteiger charge is 2.31. The Hall–Kier alpha value is -2.69. The van der Waals surface area contributed by atoms with E-state index >= 15 is 0 Å². The van der Waals surface area contributed by atoms with Crippen molar-refractivity contribution in [3.8, 4) is 11.5 Å². The summed E-state index contributed by atoms with van der Waals surface area (Å²) in [4.78, 5) is 12.3. The maximum Gasteiger partial charge on any atom is 0.319 e. The monoisotopic (exact) mass is 340 g/mol. The molecule has 2 aromatic rings. The molecule has 0 aliphatic carbocycles. The number of fused-ring (bicyclic) bond motifs is 1. The molecule has 132 valence electrons. The van der Waals surface area contributed by atoms with Crippen LogP contribution in [0.4, 0.5) is 10.5 Å². The normalized spacial score (nSPS) is 15.5. The molecule has 5 nitrogen and oxygen atoms in total. The molecule has 2 amide bonds. The molecule has 0 bridgehead atoms. The Morgan fingerprint density at radius 3 is 2.44 bits per heavy atom. The highest BCUT2D eigenvalue weighted by molar-refractivity contribution is 5.90. The molecule has 0 radical (unpaired) electrons. The lowest BCUT2D eigenvalue weighted by Crippen LogP contribution is -2.31. The van der Waals surface area contributed by atoms with E-state index in [0.29, 0.717) is 17.2 Å². The Morgan fingerprint density at radius 1 is 1.08 bits per heavy atom. The number of rotatable bonds is 4. The molecule has 0 saturated carbocycles. The number of carbonyl (C=O) groups is 1. The number of ether oxygens (including phenoxy) is 2. The summed E-state index contributed by atoms with van der Waals surface area (Å²) in [6, 6.07) is 13.3. The van der Waals surface area contributed by atoms with E-state index in [4.69, 9.17) is 9.47 Å². The van der Waals surface area contributed by atoms with Crippen molar-refractivity contribution in [2.45, 2.75) is 45.9 Å². The van der Waals surface area contributed by atoms with Gasteiger partial charge in [-0.15, -0.1) is 0 Å². The van der Waals surface area contributed by atoms with E-state index in [-0.39, 0.29) is 12.1 Å². The standard InChI is InChI=1S/C20H24N2O3/c1-5-14-6-8-15(9-7-14)13(2)21-19(23)22-16-10-11-17-18(12-16)25-20(3,4)24-17/h6-13H,5H2,1-4H3,(H2,21,22,23). The van der Waals surface area contributed by atoms with Crippen LogP contribution in [0.1, 0.15) is 44.9 Å². The summed E-state index contributed by atoms with van der Waals surface area (Å²) in [6.07, 6.45) is 1.00. The van der Waals surface area contributed by atoms with Crippen molar-refractivity contribution in [2.24, 2.45) is 0 Å². The molecule has 25 heavy (non-hydrogen) atoms. The van der Waals surface area contributed by atoms with Gasteiger partial charge in [0, 0.05) is 25.6 Å². The Morgan fingerprint density at radius 2 is 1.76 bits per heavy atom. The molecule has 1 heterocycles. The number of hydrogen-bond donors (Lipinski definition) is 2. The van der Waals surface area contributed by atoms with Crippen LogP contribution in [0.3, 0.4) is 0 Å². The number of amides is 2. The van der Waals surface area contributed by atoms with Crippen LogP contribution >= 0.6 is 0 Å². The first-order valence-corrected chi connectivity index (χ1v) is 8.55. The molecule has 0 saturated heterocycles. The third kappa shape index (κ3) is 4.05. The second-order valence-electron chi connectivity index (χ2n) is 6.68. The summed E-state index contributed by atoms with van der Waals surface area (Å²) in [5, 5.41) is 5.78. The molecular formula is C20H24N2O3. The SMILES string of the molecule is CCc1ccc(C(C)NC(=O)Nc2ccc3c(c2)OC(C)(C)O3)cc1. The largest absolute Gasteiger partial charge is 0.449 e. The molecule has 0 fully saturated rings.